The van der Waals surface area contributed by atoms with Crippen LogP contribution in [0.5, 0.6) is 0 Å². The smallest absolute Gasteiger partial charge is 0.224 e. The van der Waals surface area contributed by atoms with Crippen molar-refractivity contribution >= 4 is 24.2 Å². The highest BCUT2D eigenvalue weighted by Crippen LogP contribution is 2.16. The molecule has 6 nitrogen and oxygen atoms in total. The van der Waals surface area contributed by atoms with E-state index in [-0.39, 0.29) is 24.2 Å². The molecule has 0 spiro atoms. The normalized spacial score (nSPS) is 22.0. The highest BCUT2D eigenvalue weighted by molar-refractivity contribution is 5.85. The van der Waals surface area contributed by atoms with Gasteiger partial charge in [-0.15, -0.1) is 12.4 Å². The Labute approximate surface area is 145 Å². The number of carbonyl (C=O) groups is 2. The lowest BCUT2D eigenvalue weighted by atomic mass is 10.1. The van der Waals surface area contributed by atoms with E-state index in [1.807, 2.05) is 18.7 Å². The van der Waals surface area contributed by atoms with Crippen molar-refractivity contribution in [2.24, 2.45) is 5.92 Å². The van der Waals surface area contributed by atoms with Gasteiger partial charge in [-0.25, -0.2) is 0 Å². The van der Waals surface area contributed by atoms with Gasteiger partial charge in [-0.05, 0) is 12.3 Å². The van der Waals surface area contributed by atoms with Gasteiger partial charge in [-0.2, -0.15) is 0 Å². The second-order valence-electron chi connectivity index (χ2n) is 6.77. The van der Waals surface area contributed by atoms with E-state index in [2.05, 4.69) is 15.5 Å². The number of carbonyl (C=O) groups excluding carboxylic acids is 2. The van der Waals surface area contributed by atoms with Gasteiger partial charge < -0.3 is 15.5 Å². The Morgan fingerprint density at radius 1 is 1.22 bits per heavy atom. The minimum Gasteiger partial charge on any atom is -0.356 e. The molecule has 2 heterocycles. The molecule has 0 aromatic heterocycles. The number of likely N-dealkylation sites (tertiary alicyclic amines) is 1. The highest BCUT2D eigenvalue weighted by atomic mass is 35.5. The van der Waals surface area contributed by atoms with Gasteiger partial charge in [0.25, 0.3) is 0 Å². The first-order chi connectivity index (χ1) is 10.6. The summed E-state index contributed by atoms with van der Waals surface area (Å²) in [7, 11) is 0. The number of nitrogens with one attached hydrogen (secondary N) is 2. The van der Waals surface area contributed by atoms with Crippen LogP contribution in [0.2, 0.25) is 0 Å². The predicted molar refractivity (Wildman–Crippen MR) is 93.8 cm³/mol. The molecule has 1 unspecified atom stereocenters. The maximum atomic E-state index is 12.2. The van der Waals surface area contributed by atoms with Gasteiger partial charge in [0.05, 0.1) is 0 Å². The van der Waals surface area contributed by atoms with E-state index in [0.29, 0.717) is 31.3 Å². The standard InChI is InChI=1S/C16H30N4O2.ClH/c1-13(2)11-15(21)18-5-3-16(22)20-8-4-14(12-20)19-9-6-17-7-10-19;/h13-14,17H,3-12H2,1-2H3,(H,18,21);1H. The Hall–Kier alpha value is -0.850. The summed E-state index contributed by atoms with van der Waals surface area (Å²) in [5.74, 6) is 0.569. The van der Waals surface area contributed by atoms with Gasteiger partial charge in [-0.1, -0.05) is 13.8 Å². The lowest BCUT2D eigenvalue weighted by molar-refractivity contribution is -0.130. The number of rotatable bonds is 6. The van der Waals surface area contributed by atoms with Crippen LogP contribution in [-0.2, 0) is 9.59 Å². The number of halogens is 1. The molecular formula is C16H31ClN4O2. The van der Waals surface area contributed by atoms with Crippen LogP contribution in [0.15, 0.2) is 0 Å². The quantitative estimate of drug-likeness (QED) is 0.733. The molecule has 1 atom stereocenters. The van der Waals surface area contributed by atoms with Crippen LogP contribution in [0.25, 0.3) is 0 Å². The van der Waals surface area contributed by atoms with E-state index in [9.17, 15) is 9.59 Å². The molecule has 0 saturated carbocycles. The van der Waals surface area contributed by atoms with Crippen molar-refractivity contribution in [1.82, 2.24) is 20.4 Å². The minimum absolute atomic E-state index is 0. The minimum atomic E-state index is 0. The summed E-state index contributed by atoms with van der Waals surface area (Å²) in [6.07, 6.45) is 2.02. The van der Waals surface area contributed by atoms with E-state index in [1.54, 1.807) is 0 Å². The second kappa shape index (κ2) is 10.1. The van der Waals surface area contributed by atoms with Crippen molar-refractivity contribution in [3.05, 3.63) is 0 Å². The summed E-state index contributed by atoms with van der Waals surface area (Å²) < 4.78 is 0. The van der Waals surface area contributed by atoms with E-state index in [1.165, 1.54) is 0 Å². The molecule has 23 heavy (non-hydrogen) atoms. The van der Waals surface area contributed by atoms with E-state index in [4.69, 9.17) is 0 Å². The zero-order valence-corrected chi connectivity index (χ0v) is 15.2. The van der Waals surface area contributed by atoms with Crippen LogP contribution in [0.3, 0.4) is 0 Å². The molecule has 2 amide bonds. The Morgan fingerprint density at radius 3 is 2.57 bits per heavy atom. The molecule has 0 aliphatic carbocycles. The van der Waals surface area contributed by atoms with Gasteiger partial charge in [0.2, 0.25) is 11.8 Å². The third kappa shape index (κ3) is 6.65. The monoisotopic (exact) mass is 346 g/mol. The van der Waals surface area contributed by atoms with Crippen molar-refractivity contribution in [1.29, 1.82) is 0 Å². The van der Waals surface area contributed by atoms with E-state index >= 15 is 0 Å². The topological polar surface area (TPSA) is 64.7 Å². The largest absolute Gasteiger partial charge is 0.356 e. The lowest BCUT2D eigenvalue weighted by Gasteiger charge is -2.32. The van der Waals surface area contributed by atoms with Gasteiger partial charge in [0.15, 0.2) is 0 Å². The van der Waals surface area contributed by atoms with Gasteiger partial charge in [0.1, 0.15) is 0 Å². The zero-order chi connectivity index (χ0) is 15.9. The second-order valence-corrected chi connectivity index (χ2v) is 6.77. The fraction of sp³-hybridized carbons (Fsp3) is 0.875. The fourth-order valence-electron chi connectivity index (χ4n) is 3.22. The van der Waals surface area contributed by atoms with Gasteiger partial charge >= 0.3 is 0 Å². The zero-order valence-electron chi connectivity index (χ0n) is 14.3. The number of piperazine rings is 1. The number of hydrogen-bond acceptors (Lipinski definition) is 4. The molecule has 2 rings (SSSR count). The molecule has 0 bridgehead atoms. The molecule has 0 radical (unpaired) electrons. The Bertz CT molecular complexity index is 386. The predicted octanol–water partition coefficient (Wildman–Crippen LogP) is 0.467. The average Bonchev–Trinajstić information content (AvgIpc) is 2.97. The summed E-state index contributed by atoms with van der Waals surface area (Å²) >= 11 is 0. The van der Waals surface area contributed by atoms with Crippen LogP contribution >= 0.6 is 12.4 Å². The summed E-state index contributed by atoms with van der Waals surface area (Å²) in [6.45, 7) is 10.5. The first-order valence-corrected chi connectivity index (χ1v) is 8.55. The molecule has 2 aliphatic rings. The first-order valence-electron chi connectivity index (χ1n) is 8.55. The molecule has 2 aliphatic heterocycles. The van der Waals surface area contributed by atoms with Crippen molar-refractivity contribution in [2.45, 2.75) is 39.2 Å². The highest BCUT2D eigenvalue weighted by Gasteiger charge is 2.30. The van der Waals surface area contributed by atoms with Crippen LogP contribution in [0, 0.1) is 5.92 Å². The van der Waals surface area contributed by atoms with E-state index in [0.717, 1.165) is 45.7 Å². The van der Waals surface area contributed by atoms with Crippen molar-refractivity contribution in [3.63, 3.8) is 0 Å². The molecular weight excluding hydrogens is 316 g/mol. The van der Waals surface area contributed by atoms with Gasteiger partial charge in [0, 0.05) is 64.7 Å². The Morgan fingerprint density at radius 2 is 1.91 bits per heavy atom. The lowest BCUT2D eigenvalue weighted by Crippen LogP contribution is -2.49. The van der Waals surface area contributed by atoms with Crippen LogP contribution in [-0.4, -0.2) is 73.5 Å². The maximum absolute atomic E-state index is 12.2. The van der Waals surface area contributed by atoms with E-state index < -0.39 is 0 Å². The number of nitrogens with zero attached hydrogens (tertiary/aromatic N) is 2. The molecule has 7 heteroatoms. The Kier molecular flexibility index (Phi) is 8.87. The van der Waals surface area contributed by atoms with Crippen molar-refractivity contribution in [3.8, 4) is 0 Å². The third-order valence-electron chi connectivity index (χ3n) is 4.44. The van der Waals surface area contributed by atoms with Crippen molar-refractivity contribution in [2.75, 3.05) is 45.8 Å². The van der Waals surface area contributed by atoms with Gasteiger partial charge in [-0.3, -0.25) is 14.5 Å². The number of hydrogen-bond donors (Lipinski definition) is 2. The molecule has 134 valence electrons. The summed E-state index contributed by atoms with van der Waals surface area (Å²) in [4.78, 5) is 28.2. The summed E-state index contributed by atoms with van der Waals surface area (Å²) in [5.41, 5.74) is 0. The first kappa shape index (κ1) is 20.2. The number of amides is 2. The summed E-state index contributed by atoms with van der Waals surface area (Å²) in [6, 6.07) is 0.515. The maximum Gasteiger partial charge on any atom is 0.224 e. The molecule has 2 N–H and O–H groups in total. The summed E-state index contributed by atoms with van der Waals surface area (Å²) in [5, 5.41) is 6.20. The van der Waals surface area contributed by atoms with Crippen LogP contribution in [0.1, 0.15) is 33.1 Å². The SMILES string of the molecule is CC(C)CC(=O)NCCC(=O)N1CCC(N2CCNCC2)C1.Cl. The molecule has 0 aromatic carbocycles. The molecule has 2 fully saturated rings. The third-order valence-corrected chi connectivity index (χ3v) is 4.44. The van der Waals surface area contributed by atoms with Crippen LogP contribution < -0.4 is 10.6 Å². The fourth-order valence-corrected chi connectivity index (χ4v) is 3.22. The van der Waals surface area contributed by atoms with Crippen molar-refractivity contribution < 1.29 is 9.59 Å². The Balaban J connectivity index is 0.00000264. The molecule has 2 saturated heterocycles. The molecule has 0 aromatic rings. The average molecular weight is 347 g/mol. The van der Waals surface area contributed by atoms with Crippen LogP contribution in [0.4, 0.5) is 0 Å².